The van der Waals surface area contributed by atoms with E-state index in [1.165, 1.54) is 11.1 Å². The topological polar surface area (TPSA) is 62.0 Å². The van der Waals surface area contributed by atoms with E-state index in [1.807, 2.05) is 49.4 Å². The number of H-pyrrole nitrogens is 1. The van der Waals surface area contributed by atoms with Crippen LogP contribution in [0.25, 0.3) is 16.5 Å². The van der Waals surface area contributed by atoms with Gasteiger partial charge in [-0.1, -0.05) is 54.6 Å². The van der Waals surface area contributed by atoms with Crippen molar-refractivity contribution < 1.29 is 8.42 Å². The first-order chi connectivity index (χ1) is 13.5. The van der Waals surface area contributed by atoms with Crippen LogP contribution in [0.4, 0.5) is 0 Å². The first-order valence-electron chi connectivity index (χ1n) is 9.76. The van der Waals surface area contributed by atoms with Crippen molar-refractivity contribution in [3.63, 3.8) is 0 Å². The highest BCUT2D eigenvalue weighted by Crippen LogP contribution is 2.26. The van der Waals surface area contributed by atoms with Gasteiger partial charge in [-0.2, -0.15) is 0 Å². The number of hydrogen-bond donors (Lipinski definition) is 2. The third-order valence-electron chi connectivity index (χ3n) is 5.53. The summed E-state index contributed by atoms with van der Waals surface area (Å²) in [7, 11) is -3.18. The quantitative estimate of drug-likeness (QED) is 0.658. The van der Waals surface area contributed by atoms with Gasteiger partial charge >= 0.3 is 0 Å². The van der Waals surface area contributed by atoms with Crippen molar-refractivity contribution in [3.05, 3.63) is 77.5 Å². The molecule has 0 bridgehead atoms. The van der Waals surface area contributed by atoms with Crippen LogP contribution in [-0.2, 0) is 15.6 Å². The Labute approximate surface area is 166 Å². The lowest BCUT2D eigenvalue weighted by Crippen LogP contribution is -2.34. The summed E-state index contributed by atoms with van der Waals surface area (Å²) in [6.45, 7) is 2.74. The fraction of sp³-hybridized carbons (Fsp3) is 0.304. The number of para-hydroxylation sites is 1. The van der Waals surface area contributed by atoms with Crippen LogP contribution in [0, 0.1) is 6.92 Å². The van der Waals surface area contributed by atoms with E-state index in [1.54, 1.807) is 0 Å². The van der Waals surface area contributed by atoms with Crippen molar-refractivity contribution >= 4 is 26.3 Å². The Balaban J connectivity index is 1.41. The number of nitrogens with one attached hydrogen (secondary N) is 2. The molecule has 2 N–H and O–H groups in total. The second kappa shape index (κ2) is 7.94. The Morgan fingerprint density at radius 2 is 1.79 bits per heavy atom. The number of aromatic amines is 1. The maximum absolute atomic E-state index is 12.8. The van der Waals surface area contributed by atoms with Gasteiger partial charge in [0.1, 0.15) is 0 Å². The summed E-state index contributed by atoms with van der Waals surface area (Å²) in [5.74, 6) is 0.294. The molecule has 5 heteroatoms. The summed E-state index contributed by atoms with van der Waals surface area (Å²) >= 11 is 0. The second-order valence-electron chi connectivity index (χ2n) is 7.56. The van der Waals surface area contributed by atoms with Crippen LogP contribution in [0.1, 0.15) is 29.7 Å². The fourth-order valence-corrected chi connectivity index (χ4v) is 5.60. The van der Waals surface area contributed by atoms with Crippen LogP contribution in [0.3, 0.4) is 0 Å². The van der Waals surface area contributed by atoms with Gasteiger partial charge in [0.05, 0.1) is 11.5 Å². The minimum atomic E-state index is -3.18. The normalized spacial score (nSPS) is 17.6. The number of aryl methyl sites for hydroxylation is 1. The minimum absolute atomic E-state index is 0.0942. The number of aromatic nitrogens is 1. The monoisotopic (exact) mass is 394 g/mol. The molecular formula is C23H26N2O2S. The lowest BCUT2D eigenvalue weighted by Gasteiger charge is -2.24. The van der Waals surface area contributed by atoms with Crippen molar-refractivity contribution in [3.8, 4) is 0 Å². The molecule has 4 nitrogen and oxygen atoms in total. The third kappa shape index (κ3) is 4.21. The standard InChI is InChI=1S/C23H26N2O2S/c1-17-22(21-9-5-6-10-23(21)25-17)16-28(26,27)14-12-20-15-19(11-13-24-20)18-7-3-2-4-8-18/h2-11,20,24-25H,12-16H2,1H3. The highest BCUT2D eigenvalue weighted by atomic mass is 32.2. The molecule has 3 aromatic rings. The molecule has 4 rings (SSSR count). The van der Waals surface area contributed by atoms with Crippen LogP contribution >= 0.6 is 0 Å². The molecule has 1 aromatic heterocycles. The van der Waals surface area contributed by atoms with Gasteiger partial charge in [0, 0.05) is 29.2 Å². The zero-order valence-electron chi connectivity index (χ0n) is 16.1. The smallest absolute Gasteiger partial charge is 0.154 e. The molecule has 0 amide bonds. The van der Waals surface area contributed by atoms with E-state index >= 15 is 0 Å². The predicted octanol–water partition coefficient (Wildman–Crippen LogP) is 4.23. The van der Waals surface area contributed by atoms with E-state index in [2.05, 4.69) is 28.5 Å². The average molecular weight is 395 g/mol. The van der Waals surface area contributed by atoms with Gasteiger partial charge in [-0.15, -0.1) is 0 Å². The van der Waals surface area contributed by atoms with Crippen molar-refractivity contribution in [2.45, 2.75) is 31.6 Å². The van der Waals surface area contributed by atoms with Crippen LogP contribution in [-0.4, -0.2) is 31.7 Å². The number of rotatable bonds is 6. The molecule has 0 radical (unpaired) electrons. The van der Waals surface area contributed by atoms with Crippen molar-refractivity contribution in [2.24, 2.45) is 0 Å². The summed E-state index contributed by atoms with van der Waals surface area (Å²) in [5.41, 5.74) is 5.37. The summed E-state index contributed by atoms with van der Waals surface area (Å²) in [4.78, 5) is 3.29. The fourth-order valence-electron chi connectivity index (χ4n) is 4.00. The summed E-state index contributed by atoms with van der Waals surface area (Å²) in [5, 5.41) is 4.45. The average Bonchev–Trinajstić information content (AvgIpc) is 3.02. The van der Waals surface area contributed by atoms with E-state index in [9.17, 15) is 8.42 Å². The molecule has 2 heterocycles. The van der Waals surface area contributed by atoms with Gasteiger partial charge in [0.15, 0.2) is 9.84 Å². The van der Waals surface area contributed by atoms with Crippen LogP contribution in [0.15, 0.2) is 60.7 Å². The van der Waals surface area contributed by atoms with Crippen molar-refractivity contribution in [2.75, 3.05) is 12.3 Å². The molecule has 1 aliphatic rings. The Bertz CT molecular complexity index is 1100. The molecule has 0 saturated carbocycles. The van der Waals surface area contributed by atoms with Gasteiger partial charge in [-0.25, -0.2) is 8.42 Å². The Morgan fingerprint density at radius 1 is 1.04 bits per heavy atom. The zero-order valence-corrected chi connectivity index (χ0v) is 16.9. The van der Waals surface area contributed by atoms with E-state index in [0.717, 1.165) is 35.1 Å². The Morgan fingerprint density at radius 3 is 2.61 bits per heavy atom. The van der Waals surface area contributed by atoms with Gasteiger partial charge in [0.25, 0.3) is 0 Å². The largest absolute Gasteiger partial charge is 0.358 e. The van der Waals surface area contributed by atoms with Crippen molar-refractivity contribution in [1.29, 1.82) is 0 Å². The summed E-state index contributed by atoms with van der Waals surface area (Å²) in [6.07, 6.45) is 3.70. The minimum Gasteiger partial charge on any atom is -0.358 e. The highest BCUT2D eigenvalue weighted by Gasteiger charge is 2.21. The number of fused-ring (bicyclic) bond motifs is 1. The van der Waals surface area contributed by atoms with Crippen molar-refractivity contribution in [1.82, 2.24) is 10.3 Å². The van der Waals surface area contributed by atoms with Crippen LogP contribution in [0.5, 0.6) is 0 Å². The SMILES string of the molecule is Cc1[nH]c2ccccc2c1CS(=O)(=O)CCC1CC(c2ccccc2)=CCN1. The summed E-state index contributed by atoms with van der Waals surface area (Å²) < 4.78 is 25.7. The van der Waals surface area contributed by atoms with Gasteiger partial charge < -0.3 is 10.3 Å². The lowest BCUT2D eigenvalue weighted by molar-refractivity contribution is 0.515. The molecule has 1 aliphatic heterocycles. The third-order valence-corrected chi connectivity index (χ3v) is 7.12. The Hall–Kier alpha value is -2.37. The first kappa shape index (κ1) is 19.0. The first-order valence-corrected chi connectivity index (χ1v) is 11.6. The molecule has 0 saturated heterocycles. The number of benzene rings is 2. The van der Waals surface area contributed by atoms with Gasteiger partial charge in [-0.05, 0) is 42.5 Å². The molecule has 28 heavy (non-hydrogen) atoms. The van der Waals surface area contributed by atoms with E-state index in [0.29, 0.717) is 6.42 Å². The maximum Gasteiger partial charge on any atom is 0.154 e. The zero-order chi connectivity index (χ0) is 19.6. The van der Waals surface area contributed by atoms with Crippen LogP contribution in [0.2, 0.25) is 0 Å². The van der Waals surface area contributed by atoms with Gasteiger partial charge in [-0.3, -0.25) is 0 Å². The second-order valence-corrected chi connectivity index (χ2v) is 9.74. The highest BCUT2D eigenvalue weighted by molar-refractivity contribution is 7.90. The molecule has 1 atom stereocenters. The molecule has 1 unspecified atom stereocenters. The Kier molecular flexibility index (Phi) is 5.38. The van der Waals surface area contributed by atoms with Crippen LogP contribution < -0.4 is 5.32 Å². The molecule has 0 fully saturated rings. The molecule has 0 spiro atoms. The number of hydrogen-bond acceptors (Lipinski definition) is 3. The van der Waals surface area contributed by atoms with Gasteiger partial charge in [0.2, 0.25) is 0 Å². The predicted molar refractivity (Wildman–Crippen MR) is 116 cm³/mol. The lowest BCUT2D eigenvalue weighted by atomic mass is 9.94. The molecule has 0 aliphatic carbocycles. The van der Waals surface area contributed by atoms with E-state index < -0.39 is 9.84 Å². The maximum atomic E-state index is 12.8. The molecule has 146 valence electrons. The number of sulfone groups is 1. The summed E-state index contributed by atoms with van der Waals surface area (Å²) in [6, 6.07) is 18.4. The van der Waals surface area contributed by atoms with E-state index in [4.69, 9.17) is 0 Å². The molecule has 2 aromatic carbocycles. The molecular weight excluding hydrogens is 368 g/mol. The van der Waals surface area contributed by atoms with E-state index in [-0.39, 0.29) is 17.5 Å².